The van der Waals surface area contributed by atoms with Gasteiger partial charge < -0.3 is 23.3 Å². The average molecular weight is 426 g/mol. The summed E-state index contributed by atoms with van der Waals surface area (Å²) in [7, 11) is -1.52. The predicted octanol–water partition coefficient (Wildman–Crippen LogP) is 2.38. The minimum atomic E-state index is -4.19. The Hall–Kier alpha value is -2.91. The smallest absolute Gasteiger partial charge is 0.467 e. The van der Waals surface area contributed by atoms with Crippen molar-refractivity contribution in [2.45, 2.75) is 32.9 Å². The summed E-state index contributed by atoms with van der Waals surface area (Å²) in [4.78, 5) is 23.7. The van der Waals surface area contributed by atoms with Gasteiger partial charge in [0, 0.05) is 0 Å². The van der Waals surface area contributed by atoms with Crippen molar-refractivity contribution in [2.24, 2.45) is 0 Å². The SMILES string of the molecule is COc1nc(OC)nc(OP(=O)(N[C@@H](C)C(=O)OC(C)C)Oc2ccccc2)n1. The van der Waals surface area contributed by atoms with E-state index in [4.69, 9.17) is 23.3 Å². The van der Waals surface area contributed by atoms with Crippen LogP contribution in [0.2, 0.25) is 0 Å². The number of aromatic nitrogens is 3. The van der Waals surface area contributed by atoms with Gasteiger partial charge in [-0.1, -0.05) is 18.2 Å². The second-order valence-corrected chi connectivity index (χ2v) is 7.54. The molecular weight excluding hydrogens is 403 g/mol. The maximum absolute atomic E-state index is 13.4. The van der Waals surface area contributed by atoms with Gasteiger partial charge in [0.1, 0.15) is 11.8 Å². The number of carbonyl (C=O) groups excluding carboxylic acids is 1. The topological polar surface area (TPSA) is 131 Å². The zero-order chi connectivity index (χ0) is 21.4. The molecular formula is C17H23N4O7P. The Morgan fingerprint density at radius 3 is 2.00 bits per heavy atom. The molecule has 0 saturated carbocycles. The Balaban J connectivity index is 2.31. The lowest BCUT2D eigenvalue weighted by atomic mass is 10.3. The molecule has 2 aromatic rings. The summed E-state index contributed by atoms with van der Waals surface area (Å²) in [6.45, 7) is 4.86. The highest BCUT2D eigenvalue weighted by atomic mass is 31.2. The van der Waals surface area contributed by atoms with Gasteiger partial charge >= 0.3 is 31.7 Å². The van der Waals surface area contributed by atoms with Crippen LogP contribution in [0.5, 0.6) is 23.8 Å². The fraction of sp³-hybridized carbons (Fsp3) is 0.412. The van der Waals surface area contributed by atoms with E-state index in [1.54, 1.807) is 44.2 Å². The molecule has 2 rings (SSSR count). The molecule has 0 amide bonds. The lowest BCUT2D eigenvalue weighted by Gasteiger charge is -2.22. The number of ether oxygens (including phenoxy) is 3. The van der Waals surface area contributed by atoms with Crippen molar-refractivity contribution in [3.8, 4) is 23.8 Å². The first-order chi connectivity index (χ1) is 13.7. The van der Waals surface area contributed by atoms with E-state index >= 15 is 0 Å². The molecule has 1 N–H and O–H groups in total. The fourth-order valence-electron chi connectivity index (χ4n) is 1.97. The van der Waals surface area contributed by atoms with E-state index in [1.165, 1.54) is 21.1 Å². The van der Waals surface area contributed by atoms with Crippen LogP contribution in [0, 0.1) is 0 Å². The molecule has 1 aromatic heterocycles. The van der Waals surface area contributed by atoms with Crippen LogP contribution in [0.25, 0.3) is 0 Å². The van der Waals surface area contributed by atoms with Crippen LogP contribution >= 0.6 is 7.75 Å². The lowest BCUT2D eigenvalue weighted by Crippen LogP contribution is -2.37. The summed E-state index contributed by atoms with van der Waals surface area (Å²) in [5.41, 5.74) is 0. The number of benzene rings is 1. The molecule has 29 heavy (non-hydrogen) atoms. The van der Waals surface area contributed by atoms with Gasteiger partial charge in [-0.3, -0.25) is 4.79 Å². The standard InChI is InChI=1S/C17H23N4O7P/c1-11(2)26-14(22)12(3)21-29(23,27-13-9-7-6-8-10-13)28-17-19-15(24-4)18-16(20-17)25-5/h6-12H,1-5H3,(H,21,23)/t12-,29?/m0/s1. The first-order valence-electron chi connectivity index (χ1n) is 8.61. The highest BCUT2D eigenvalue weighted by Gasteiger charge is 2.35. The summed E-state index contributed by atoms with van der Waals surface area (Å²) < 4.78 is 39.3. The van der Waals surface area contributed by atoms with Gasteiger partial charge in [0.15, 0.2) is 0 Å². The number of hydrogen-bond acceptors (Lipinski definition) is 10. The van der Waals surface area contributed by atoms with E-state index < -0.39 is 19.8 Å². The lowest BCUT2D eigenvalue weighted by molar-refractivity contribution is -0.149. The molecule has 11 nitrogen and oxygen atoms in total. The zero-order valence-electron chi connectivity index (χ0n) is 16.7. The van der Waals surface area contributed by atoms with E-state index in [0.29, 0.717) is 0 Å². The minimum absolute atomic E-state index is 0.120. The highest BCUT2D eigenvalue weighted by Crippen LogP contribution is 2.44. The van der Waals surface area contributed by atoms with Crippen LogP contribution in [0.1, 0.15) is 20.8 Å². The Kier molecular flexibility index (Phi) is 7.74. The van der Waals surface area contributed by atoms with Crippen molar-refractivity contribution >= 4 is 13.7 Å². The van der Waals surface area contributed by atoms with E-state index in [9.17, 15) is 9.36 Å². The fourth-order valence-corrected chi connectivity index (χ4v) is 3.39. The first kappa shape index (κ1) is 22.4. The monoisotopic (exact) mass is 426 g/mol. The Morgan fingerprint density at radius 2 is 1.48 bits per heavy atom. The predicted molar refractivity (Wildman–Crippen MR) is 102 cm³/mol. The van der Waals surface area contributed by atoms with Gasteiger partial charge in [0.05, 0.1) is 20.3 Å². The minimum Gasteiger partial charge on any atom is -0.467 e. The third kappa shape index (κ3) is 6.88. The first-order valence-corrected chi connectivity index (χ1v) is 10.2. The van der Waals surface area contributed by atoms with E-state index in [0.717, 1.165) is 0 Å². The molecule has 0 aliphatic rings. The molecule has 0 fully saturated rings. The Labute approximate surface area is 168 Å². The van der Waals surface area contributed by atoms with Crippen LogP contribution < -0.4 is 23.6 Å². The molecule has 0 radical (unpaired) electrons. The molecule has 158 valence electrons. The summed E-state index contributed by atoms with van der Waals surface area (Å²) in [6.07, 6.45) is -0.348. The van der Waals surface area contributed by atoms with Crippen LogP contribution in [-0.4, -0.2) is 47.3 Å². The summed E-state index contributed by atoms with van der Waals surface area (Å²) in [5, 5.41) is 2.52. The van der Waals surface area contributed by atoms with Crippen LogP contribution in [0.3, 0.4) is 0 Å². The van der Waals surface area contributed by atoms with Gasteiger partial charge in [-0.2, -0.15) is 5.09 Å². The van der Waals surface area contributed by atoms with Gasteiger partial charge in [0.2, 0.25) is 0 Å². The summed E-state index contributed by atoms with van der Waals surface area (Å²) in [6, 6.07) is 6.64. The molecule has 0 aliphatic heterocycles. The molecule has 1 heterocycles. The van der Waals surface area contributed by atoms with E-state index in [2.05, 4.69) is 20.0 Å². The molecule has 0 spiro atoms. The summed E-state index contributed by atoms with van der Waals surface area (Å²) in [5.74, 6) is -0.396. The maximum Gasteiger partial charge on any atom is 0.516 e. The highest BCUT2D eigenvalue weighted by molar-refractivity contribution is 7.52. The zero-order valence-corrected chi connectivity index (χ0v) is 17.6. The molecule has 0 saturated heterocycles. The number of carbonyl (C=O) groups is 1. The second kappa shape index (κ2) is 10.0. The summed E-state index contributed by atoms with van der Waals surface area (Å²) >= 11 is 0. The van der Waals surface area contributed by atoms with Crippen molar-refractivity contribution in [1.29, 1.82) is 0 Å². The molecule has 12 heteroatoms. The molecule has 2 atom stereocenters. The van der Waals surface area contributed by atoms with Crippen molar-refractivity contribution in [1.82, 2.24) is 20.0 Å². The number of methoxy groups -OCH3 is 2. The number of nitrogens with one attached hydrogen (secondary N) is 1. The van der Waals surface area contributed by atoms with Crippen molar-refractivity contribution in [2.75, 3.05) is 14.2 Å². The van der Waals surface area contributed by atoms with Crippen LogP contribution in [0.4, 0.5) is 0 Å². The third-order valence-electron chi connectivity index (χ3n) is 3.17. The van der Waals surface area contributed by atoms with Gasteiger partial charge in [-0.15, -0.1) is 15.0 Å². The van der Waals surface area contributed by atoms with E-state index in [-0.39, 0.29) is 29.9 Å². The third-order valence-corrected chi connectivity index (χ3v) is 4.73. The Morgan fingerprint density at radius 1 is 0.931 bits per heavy atom. The van der Waals surface area contributed by atoms with E-state index in [1.807, 2.05) is 0 Å². The molecule has 1 unspecified atom stereocenters. The van der Waals surface area contributed by atoms with Gasteiger partial charge in [-0.25, -0.2) is 4.57 Å². The van der Waals surface area contributed by atoms with Crippen LogP contribution in [-0.2, 0) is 14.1 Å². The maximum atomic E-state index is 13.4. The number of esters is 1. The van der Waals surface area contributed by atoms with Gasteiger partial charge in [-0.05, 0) is 32.9 Å². The second-order valence-electron chi connectivity index (χ2n) is 5.92. The molecule has 0 bridgehead atoms. The quantitative estimate of drug-likeness (QED) is 0.444. The van der Waals surface area contributed by atoms with Crippen molar-refractivity contribution in [3.05, 3.63) is 30.3 Å². The largest absolute Gasteiger partial charge is 0.516 e. The number of rotatable bonds is 10. The Bertz CT molecular complexity index is 844. The number of para-hydroxylation sites is 1. The average Bonchev–Trinajstić information content (AvgIpc) is 2.67. The number of nitrogens with zero attached hydrogens (tertiary/aromatic N) is 3. The van der Waals surface area contributed by atoms with Crippen molar-refractivity contribution in [3.63, 3.8) is 0 Å². The van der Waals surface area contributed by atoms with Crippen LogP contribution in [0.15, 0.2) is 30.3 Å². The normalized spacial score (nSPS) is 13.9. The molecule has 1 aromatic carbocycles. The van der Waals surface area contributed by atoms with Gasteiger partial charge in [0.25, 0.3) is 0 Å². The molecule has 0 aliphatic carbocycles. The van der Waals surface area contributed by atoms with Crippen molar-refractivity contribution < 1.29 is 32.6 Å². The number of hydrogen-bond donors (Lipinski definition) is 1.